The molecule has 2 aliphatic heterocycles. The average Bonchev–Trinajstić information content (AvgIpc) is 3.56. The first-order valence-corrected chi connectivity index (χ1v) is 16.5. The lowest BCUT2D eigenvalue weighted by Gasteiger charge is -2.57. The summed E-state index contributed by atoms with van der Waals surface area (Å²) in [5.41, 5.74) is 2.52. The molecule has 7 heteroatoms. The minimum atomic E-state index is -0.920. The zero-order valence-electron chi connectivity index (χ0n) is 25.2. The highest BCUT2D eigenvalue weighted by Gasteiger charge is 2.64. The molecule has 7 atom stereocenters. The number of aldehydes is 1. The van der Waals surface area contributed by atoms with E-state index >= 15 is 0 Å². The normalized spacial score (nSPS) is 40.9. The minimum Gasteiger partial charge on any atom is -0.389 e. The Bertz CT molecular complexity index is 1180. The molecule has 1 aromatic rings. The van der Waals surface area contributed by atoms with Gasteiger partial charge in [0.05, 0.1) is 24.4 Å². The second-order valence-electron chi connectivity index (χ2n) is 14.3. The van der Waals surface area contributed by atoms with Gasteiger partial charge in [0.15, 0.2) is 12.1 Å². The van der Waals surface area contributed by atoms with E-state index in [0.717, 1.165) is 83.5 Å². The van der Waals surface area contributed by atoms with Gasteiger partial charge in [0.1, 0.15) is 6.29 Å². The summed E-state index contributed by atoms with van der Waals surface area (Å²) in [7, 11) is 0. The number of carbonyl (C=O) groups is 1. The molecular formula is C35H48O7. The Hall–Kier alpha value is -1.61. The van der Waals surface area contributed by atoms with E-state index in [-0.39, 0.29) is 17.6 Å². The fourth-order valence-corrected chi connectivity index (χ4v) is 10.0. The van der Waals surface area contributed by atoms with Crippen LogP contribution in [0.5, 0.6) is 0 Å². The number of hydrogen-bond donors (Lipinski definition) is 2. The zero-order valence-corrected chi connectivity index (χ0v) is 25.2. The number of aliphatic hydroxyl groups is 2. The third-order valence-electron chi connectivity index (χ3n) is 12.2. The molecule has 2 saturated heterocycles. The highest BCUT2D eigenvalue weighted by molar-refractivity contribution is 5.74. The first kappa shape index (κ1) is 29.1. The predicted molar refractivity (Wildman–Crippen MR) is 157 cm³/mol. The van der Waals surface area contributed by atoms with Crippen LogP contribution in [-0.2, 0) is 18.9 Å². The summed E-state index contributed by atoms with van der Waals surface area (Å²) in [6.45, 7) is 4.91. The molecule has 42 heavy (non-hydrogen) atoms. The van der Waals surface area contributed by atoms with Gasteiger partial charge < -0.3 is 29.2 Å². The van der Waals surface area contributed by atoms with Crippen molar-refractivity contribution in [2.24, 2.45) is 17.3 Å². The van der Waals surface area contributed by atoms with E-state index in [1.165, 1.54) is 16.7 Å². The first-order chi connectivity index (χ1) is 20.3. The summed E-state index contributed by atoms with van der Waals surface area (Å²) in [6.07, 6.45) is 11.9. The van der Waals surface area contributed by atoms with Crippen molar-refractivity contribution in [3.63, 3.8) is 0 Å². The van der Waals surface area contributed by atoms with Gasteiger partial charge in [-0.15, -0.1) is 0 Å². The molecule has 0 radical (unpaired) electrons. The summed E-state index contributed by atoms with van der Waals surface area (Å²) in [4.78, 5) is 11.5. The van der Waals surface area contributed by atoms with Gasteiger partial charge in [-0.2, -0.15) is 0 Å². The zero-order chi connectivity index (χ0) is 29.0. The Morgan fingerprint density at radius 3 is 2.55 bits per heavy atom. The van der Waals surface area contributed by atoms with Crippen molar-refractivity contribution in [1.82, 2.24) is 0 Å². The Morgan fingerprint density at radius 1 is 1.00 bits per heavy atom. The molecule has 7 nitrogen and oxygen atoms in total. The van der Waals surface area contributed by atoms with Gasteiger partial charge in [-0.25, -0.2) is 0 Å². The summed E-state index contributed by atoms with van der Waals surface area (Å²) < 4.78 is 24.0. The Morgan fingerprint density at radius 2 is 1.81 bits per heavy atom. The highest BCUT2D eigenvalue weighted by atomic mass is 16.7. The van der Waals surface area contributed by atoms with Crippen molar-refractivity contribution in [2.45, 2.75) is 120 Å². The van der Waals surface area contributed by atoms with Gasteiger partial charge in [0.25, 0.3) is 0 Å². The number of ether oxygens (including phenoxy) is 4. The average molecular weight is 581 g/mol. The van der Waals surface area contributed by atoms with Crippen LogP contribution in [0, 0.1) is 17.3 Å². The quantitative estimate of drug-likeness (QED) is 0.238. The Kier molecular flexibility index (Phi) is 7.68. The molecular weight excluding hydrogens is 532 g/mol. The molecule has 3 saturated carbocycles. The molecule has 1 aromatic carbocycles. The van der Waals surface area contributed by atoms with E-state index < -0.39 is 17.0 Å². The van der Waals surface area contributed by atoms with Crippen LogP contribution >= 0.6 is 0 Å². The lowest BCUT2D eigenvalue weighted by molar-refractivity contribution is -0.208. The number of carbonyl (C=O) groups excluding carboxylic acids is 1. The van der Waals surface area contributed by atoms with E-state index in [9.17, 15) is 15.0 Å². The maximum Gasteiger partial charge on any atom is 0.171 e. The van der Waals surface area contributed by atoms with Crippen LogP contribution in [0.15, 0.2) is 35.4 Å². The van der Waals surface area contributed by atoms with Crippen molar-refractivity contribution >= 4 is 6.29 Å². The van der Waals surface area contributed by atoms with Crippen LogP contribution in [0.4, 0.5) is 0 Å². The molecule has 0 bridgehead atoms. The first-order valence-electron chi connectivity index (χ1n) is 16.5. The number of fused-ring (bicyclic) bond motifs is 4. The molecule has 1 spiro atoms. The van der Waals surface area contributed by atoms with E-state index in [1.807, 2.05) is 12.1 Å². The van der Waals surface area contributed by atoms with Crippen LogP contribution in [0.1, 0.15) is 112 Å². The highest BCUT2D eigenvalue weighted by Crippen LogP contribution is 2.68. The largest absolute Gasteiger partial charge is 0.389 e. The lowest BCUT2D eigenvalue weighted by Crippen LogP contribution is -2.55. The van der Waals surface area contributed by atoms with Crippen LogP contribution < -0.4 is 0 Å². The summed E-state index contributed by atoms with van der Waals surface area (Å²) >= 11 is 0. The van der Waals surface area contributed by atoms with Crippen LogP contribution in [0.25, 0.3) is 0 Å². The van der Waals surface area contributed by atoms with Crippen molar-refractivity contribution in [1.29, 1.82) is 0 Å². The summed E-state index contributed by atoms with van der Waals surface area (Å²) in [5.74, 6) is 0.135. The Labute approximate surface area is 249 Å². The van der Waals surface area contributed by atoms with E-state index in [0.29, 0.717) is 50.1 Å². The maximum atomic E-state index is 12.4. The standard InChI is InChI=1S/C35H48O7/c1-32-21-27(25-8-6-24(22-36)7-9-25)31-26(10-14-33(37)23-35(16-12-29(31)33)41-19-20-42-35)28(32)11-15-34(32,38)13-4-18-40-30-5-2-3-17-39-30/h6-9,22,26-28,30,37-38H,2-5,10-21,23H2,1H3/t26?,27-,28?,30?,32+,33-,34+/m1/s1. The fourth-order valence-electron chi connectivity index (χ4n) is 10.0. The molecule has 4 aliphatic carbocycles. The predicted octanol–water partition coefficient (Wildman–Crippen LogP) is 5.82. The van der Waals surface area contributed by atoms with E-state index in [4.69, 9.17) is 18.9 Å². The van der Waals surface area contributed by atoms with Gasteiger partial charge >= 0.3 is 0 Å². The van der Waals surface area contributed by atoms with Crippen molar-refractivity contribution in [2.75, 3.05) is 26.4 Å². The summed E-state index contributed by atoms with van der Waals surface area (Å²) in [6, 6.07) is 8.01. The Balaban J connectivity index is 1.19. The van der Waals surface area contributed by atoms with Gasteiger partial charge in [-0.3, -0.25) is 4.79 Å². The van der Waals surface area contributed by atoms with Gasteiger partial charge in [-0.1, -0.05) is 36.8 Å². The summed E-state index contributed by atoms with van der Waals surface area (Å²) in [5, 5.41) is 24.6. The molecule has 2 heterocycles. The molecule has 0 aromatic heterocycles. The molecule has 3 unspecified atom stereocenters. The minimum absolute atomic E-state index is 0.0924. The van der Waals surface area contributed by atoms with Crippen LogP contribution in [0.2, 0.25) is 0 Å². The van der Waals surface area contributed by atoms with E-state index in [2.05, 4.69) is 19.1 Å². The van der Waals surface area contributed by atoms with Gasteiger partial charge in [0.2, 0.25) is 0 Å². The molecule has 6 aliphatic rings. The van der Waals surface area contributed by atoms with Crippen molar-refractivity contribution in [3.05, 3.63) is 46.5 Å². The number of rotatable bonds is 7. The third-order valence-corrected chi connectivity index (χ3v) is 12.2. The topological polar surface area (TPSA) is 94.5 Å². The molecule has 5 fully saturated rings. The number of benzene rings is 1. The lowest BCUT2D eigenvalue weighted by atomic mass is 9.49. The van der Waals surface area contributed by atoms with Crippen molar-refractivity contribution < 1.29 is 34.0 Å². The fraction of sp³-hybridized carbons (Fsp3) is 0.743. The van der Waals surface area contributed by atoms with E-state index in [1.54, 1.807) is 0 Å². The maximum absolute atomic E-state index is 12.4. The van der Waals surface area contributed by atoms with Crippen LogP contribution in [-0.4, -0.2) is 66.2 Å². The molecule has 230 valence electrons. The van der Waals surface area contributed by atoms with Gasteiger partial charge in [0, 0.05) is 43.0 Å². The second-order valence-corrected chi connectivity index (χ2v) is 14.3. The smallest absolute Gasteiger partial charge is 0.171 e. The SMILES string of the molecule is C[C@]12C[C@H](c3ccc(C=O)cc3)C3=C4CCC5(C[C@]4(O)CCC3C1CC[C@@]2(O)CCCOC1CCCCO1)OCCO5. The third kappa shape index (κ3) is 4.83. The van der Waals surface area contributed by atoms with Gasteiger partial charge in [-0.05, 0) is 93.6 Å². The van der Waals surface area contributed by atoms with Crippen molar-refractivity contribution in [3.8, 4) is 0 Å². The number of hydrogen-bond acceptors (Lipinski definition) is 7. The second kappa shape index (κ2) is 11.1. The molecule has 2 N–H and O–H groups in total. The molecule has 7 rings (SSSR count). The molecule has 0 amide bonds. The number of allylic oxidation sites excluding steroid dienone is 1. The monoisotopic (exact) mass is 580 g/mol. The van der Waals surface area contributed by atoms with Crippen LogP contribution in [0.3, 0.4) is 0 Å².